The lowest BCUT2D eigenvalue weighted by Gasteiger charge is -2.28. The highest BCUT2D eigenvalue weighted by molar-refractivity contribution is 6.10. The molecule has 12 rings (SSSR count). The lowest BCUT2D eigenvalue weighted by Crippen LogP contribution is -2.11. The van der Waals surface area contributed by atoms with E-state index in [1.54, 1.807) is 0 Å². The molecule has 10 aromatic carbocycles. The van der Waals surface area contributed by atoms with Gasteiger partial charge in [0, 0.05) is 50.1 Å². The zero-order valence-electron chi connectivity index (χ0n) is 34.4. The Labute approximate surface area is 366 Å². The van der Waals surface area contributed by atoms with Crippen molar-refractivity contribution in [2.24, 2.45) is 0 Å². The SMILES string of the molecule is c1ccc(-c2ccc(-c3ccccc3N(c3ccc(-c4cccc(-c5ccccc5-n5c6ccccc6c6ccccc65)c4)cc3)c3ccc4c(c3)oc3ccccc34)cc2)cc1. The molecule has 0 aliphatic rings. The van der Waals surface area contributed by atoms with Gasteiger partial charge in [0.2, 0.25) is 0 Å². The summed E-state index contributed by atoms with van der Waals surface area (Å²) in [5.41, 5.74) is 17.8. The smallest absolute Gasteiger partial charge is 0.137 e. The number of rotatable bonds is 8. The lowest BCUT2D eigenvalue weighted by molar-refractivity contribution is 0.669. The lowest BCUT2D eigenvalue weighted by atomic mass is 9.97. The van der Waals surface area contributed by atoms with E-state index in [2.05, 4.69) is 240 Å². The number of fused-ring (bicyclic) bond motifs is 6. The number of furan rings is 1. The van der Waals surface area contributed by atoms with E-state index >= 15 is 0 Å². The van der Waals surface area contributed by atoms with E-state index < -0.39 is 0 Å². The minimum absolute atomic E-state index is 0.859. The molecule has 0 aliphatic heterocycles. The Morgan fingerprint density at radius 3 is 1.60 bits per heavy atom. The first-order chi connectivity index (χ1) is 31.2. The normalized spacial score (nSPS) is 11.5. The molecule has 12 aromatic rings. The zero-order chi connectivity index (χ0) is 41.7. The second-order valence-corrected chi connectivity index (χ2v) is 16.1. The maximum atomic E-state index is 6.46. The summed E-state index contributed by atoms with van der Waals surface area (Å²) in [6, 6.07) is 87.1. The van der Waals surface area contributed by atoms with Crippen LogP contribution in [0.2, 0.25) is 0 Å². The number of benzene rings is 10. The molecule has 0 unspecified atom stereocenters. The highest BCUT2D eigenvalue weighted by atomic mass is 16.3. The molecule has 2 aromatic heterocycles. The fourth-order valence-corrected chi connectivity index (χ4v) is 9.43. The van der Waals surface area contributed by atoms with Gasteiger partial charge in [-0.1, -0.05) is 176 Å². The quantitative estimate of drug-likeness (QED) is 0.153. The van der Waals surface area contributed by atoms with Crippen LogP contribution in [0.15, 0.2) is 247 Å². The van der Waals surface area contributed by atoms with E-state index in [0.717, 1.165) is 66.9 Å². The van der Waals surface area contributed by atoms with Crippen LogP contribution in [0.3, 0.4) is 0 Å². The average molecular weight is 805 g/mol. The molecule has 0 spiro atoms. The Kier molecular flexibility index (Phi) is 8.83. The van der Waals surface area contributed by atoms with Crippen LogP contribution in [0.5, 0.6) is 0 Å². The average Bonchev–Trinajstić information content (AvgIpc) is 3.90. The predicted molar refractivity (Wildman–Crippen MR) is 264 cm³/mol. The summed E-state index contributed by atoms with van der Waals surface area (Å²) < 4.78 is 8.87. The van der Waals surface area contributed by atoms with Gasteiger partial charge in [0.05, 0.1) is 22.4 Å². The standard InChI is InChI=1S/C60H40N2O/c1-2-15-41(16-3-1)42-29-31-44(32-30-42)49-19-4-9-24-55(49)61(48-37-38-54-53-23-8-13-28-59(53)63-60(54)40-48)47-35-33-43(34-36-47)45-17-14-18-46(39-45)50-20-5-10-25-56(50)62-57-26-11-6-21-51(57)52-22-7-12-27-58(52)62/h1-40H. The Morgan fingerprint density at radius 1 is 0.302 bits per heavy atom. The van der Waals surface area contributed by atoms with Crippen molar-refractivity contribution in [3.05, 3.63) is 243 Å². The molecule has 0 bridgehead atoms. The number of hydrogen-bond acceptors (Lipinski definition) is 2. The zero-order valence-corrected chi connectivity index (χ0v) is 34.4. The monoisotopic (exact) mass is 804 g/mol. The summed E-state index contributed by atoms with van der Waals surface area (Å²) in [6.07, 6.45) is 0. The van der Waals surface area contributed by atoms with Gasteiger partial charge in [-0.15, -0.1) is 0 Å². The third-order valence-corrected chi connectivity index (χ3v) is 12.4. The van der Waals surface area contributed by atoms with Gasteiger partial charge in [0.15, 0.2) is 0 Å². The molecule has 0 amide bonds. The summed E-state index contributed by atoms with van der Waals surface area (Å²) in [4.78, 5) is 2.36. The van der Waals surface area contributed by atoms with Crippen molar-refractivity contribution in [3.8, 4) is 50.2 Å². The van der Waals surface area contributed by atoms with Crippen LogP contribution in [-0.4, -0.2) is 4.57 Å². The Balaban J connectivity index is 0.951. The largest absolute Gasteiger partial charge is 0.456 e. The highest BCUT2D eigenvalue weighted by Crippen LogP contribution is 2.44. The van der Waals surface area contributed by atoms with Crippen LogP contribution in [0.4, 0.5) is 17.1 Å². The third-order valence-electron chi connectivity index (χ3n) is 12.4. The van der Waals surface area contributed by atoms with Crippen LogP contribution in [0.25, 0.3) is 93.9 Å². The van der Waals surface area contributed by atoms with E-state index in [1.165, 1.54) is 44.1 Å². The Bertz CT molecular complexity index is 3560. The van der Waals surface area contributed by atoms with Crippen molar-refractivity contribution in [1.29, 1.82) is 0 Å². The summed E-state index contributed by atoms with van der Waals surface area (Å²) in [5.74, 6) is 0. The molecule has 2 heterocycles. The van der Waals surface area contributed by atoms with E-state index in [1.807, 2.05) is 12.1 Å². The van der Waals surface area contributed by atoms with Gasteiger partial charge in [0.1, 0.15) is 11.2 Å². The molecule has 3 nitrogen and oxygen atoms in total. The van der Waals surface area contributed by atoms with Crippen molar-refractivity contribution < 1.29 is 4.42 Å². The number of para-hydroxylation sites is 5. The van der Waals surface area contributed by atoms with Crippen molar-refractivity contribution in [1.82, 2.24) is 4.57 Å². The Hall–Kier alpha value is -8.40. The van der Waals surface area contributed by atoms with Gasteiger partial charge >= 0.3 is 0 Å². The molecule has 0 N–H and O–H groups in total. The molecule has 0 fully saturated rings. The molecule has 63 heavy (non-hydrogen) atoms. The van der Waals surface area contributed by atoms with Crippen LogP contribution in [0, 0.1) is 0 Å². The maximum Gasteiger partial charge on any atom is 0.137 e. The van der Waals surface area contributed by atoms with Gasteiger partial charge in [0.25, 0.3) is 0 Å². The van der Waals surface area contributed by atoms with Crippen molar-refractivity contribution >= 4 is 60.8 Å². The molecule has 0 saturated carbocycles. The maximum absolute atomic E-state index is 6.46. The summed E-state index contributed by atoms with van der Waals surface area (Å²) in [5, 5.41) is 4.74. The number of aromatic nitrogens is 1. The third kappa shape index (κ3) is 6.38. The first-order valence-corrected chi connectivity index (χ1v) is 21.5. The molecule has 0 saturated heterocycles. The number of anilines is 3. The summed E-state index contributed by atoms with van der Waals surface area (Å²) in [6.45, 7) is 0. The van der Waals surface area contributed by atoms with E-state index in [9.17, 15) is 0 Å². The van der Waals surface area contributed by atoms with Crippen LogP contribution < -0.4 is 4.90 Å². The number of hydrogen-bond donors (Lipinski definition) is 0. The van der Waals surface area contributed by atoms with Gasteiger partial charge < -0.3 is 13.9 Å². The Morgan fingerprint density at radius 2 is 0.825 bits per heavy atom. The fourth-order valence-electron chi connectivity index (χ4n) is 9.43. The number of nitrogens with zero attached hydrogens (tertiary/aromatic N) is 2. The second kappa shape index (κ2) is 15.3. The summed E-state index contributed by atoms with van der Waals surface area (Å²) >= 11 is 0. The van der Waals surface area contributed by atoms with E-state index in [4.69, 9.17) is 4.42 Å². The predicted octanol–water partition coefficient (Wildman–Crippen LogP) is 16.8. The molecule has 3 heteroatoms. The van der Waals surface area contributed by atoms with Crippen molar-refractivity contribution in [2.75, 3.05) is 4.90 Å². The first kappa shape index (κ1) is 36.5. The molecular formula is C60H40N2O. The fraction of sp³-hybridized carbons (Fsp3) is 0. The van der Waals surface area contributed by atoms with Crippen LogP contribution in [0.1, 0.15) is 0 Å². The molecule has 0 aliphatic carbocycles. The minimum atomic E-state index is 0.859. The summed E-state index contributed by atoms with van der Waals surface area (Å²) in [7, 11) is 0. The minimum Gasteiger partial charge on any atom is -0.456 e. The van der Waals surface area contributed by atoms with Gasteiger partial charge in [-0.05, 0) is 94.0 Å². The molecule has 296 valence electrons. The van der Waals surface area contributed by atoms with Crippen molar-refractivity contribution in [2.45, 2.75) is 0 Å². The van der Waals surface area contributed by atoms with Crippen molar-refractivity contribution in [3.63, 3.8) is 0 Å². The second-order valence-electron chi connectivity index (χ2n) is 16.1. The molecule has 0 atom stereocenters. The molecular weight excluding hydrogens is 765 g/mol. The van der Waals surface area contributed by atoms with Crippen LogP contribution >= 0.6 is 0 Å². The van der Waals surface area contributed by atoms with E-state index in [-0.39, 0.29) is 0 Å². The first-order valence-electron chi connectivity index (χ1n) is 21.5. The van der Waals surface area contributed by atoms with Gasteiger partial charge in [-0.3, -0.25) is 0 Å². The topological polar surface area (TPSA) is 21.3 Å². The van der Waals surface area contributed by atoms with E-state index in [0.29, 0.717) is 0 Å². The molecule has 0 radical (unpaired) electrons. The van der Waals surface area contributed by atoms with Gasteiger partial charge in [-0.25, -0.2) is 0 Å². The highest BCUT2D eigenvalue weighted by Gasteiger charge is 2.20. The van der Waals surface area contributed by atoms with Crippen LogP contribution in [-0.2, 0) is 0 Å². The van der Waals surface area contributed by atoms with Gasteiger partial charge in [-0.2, -0.15) is 0 Å².